The molecule has 6 heteroatoms. The van der Waals surface area contributed by atoms with Gasteiger partial charge in [-0.15, -0.1) is 0 Å². The summed E-state index contributed by atoms with van der Waals surface area (Å²) in [4.78, 5) is 30.1. The molecule has 0 saturated carbocycles. The molecule has 1 aromatic heterocycles. The molecule has 0 aliphatic heterocycles. The Kier molecular flexibility index (Phi) is 5.62. The van der Waals surface area contributed by atoms with E-state index < -0.39 is 17.5 Å². The van der Waals surface area contributed by atoms with Crippen LogP contribution in [-0.4, -0.2) is 15.8 Å². The van der Waals surface area contributed by atoms with Crippen LogP contribution in [0.2, 0.25) is 0 Å². The van der Waals surface area contributed by atoms with Crippen molar-refractivity contribution in [3.05, 3.63) is 117 Å². The first-order valence-corrected chi connectivity index (χ1v) is 9.81. The van der Waals surface area contributed by atoms with E-state index >= 15 is 0 Å². The molecule has 4 aromatic rings. The quantitative estimate of drug-likeness (QED) is 0.498. The highest BCUT2D eigenvalue weighted by atomic mass is 19.1. The van der Waals surface area contributed by atoms with Crippen LogP contribution in [0.25, 0.3) is 10.9 Å². The fourth-order valence-electron chi connectivity index (χ4n) is 3.51. The summed E-state index contributed by atoms with van der Waals surface area (Å²) in [5.74, 6) is -1.58. The zero-order valence-electron chi connectivity index (χ0n) is 16.9. The molecule has 1 amide bonds. The summed E-state index contributed by atoms with van der Waals surface area (Å²) >= 11 is 0. The number of pyridine rings is 1. The molecule has 0 aliphatic carbocycles. The van der Waals surface area contributed by atoms with Crippen LogP contribution in [0, 0.1) is 18.6 Å². The number of fused-ring (bicyclic) bond motifs is 1. The second kappa shape index (κ2) is 8.52. The van der Waals surface area contributed by atoms with Crippen molar-refractivity contribution in [2.75, 3.05) is 0 Å². The van der Waals surface area contributed by atoms with Gasteiger partial charge in [0.1, 0.15) is 11.6 Å². The molecule has 0 unspecified atom stereocenters. The van der Waals surface area contributed by atoms with Gasteiger partial charge in [0, 0.05) is 17.6 Å². The number of hydrogen-bond acceptors (Lipinski definition) is 2. The molecular formula is C25H20F2N2O2. The van der Waals surface area contributed by atoms with Crippen molar-refractivity contribution in [1.82, 2.24) is 9.88 Å². The van der Waals surface area contributed by atoms with Crippen LogP contribution in [0.1, 0.15) is 27.0 Å². The molecule has 156 valence electrons. The van der Waals surface area contributed by atoms with Crippen molar-refractivity contribution in [2.45, 2.75) is 20.0 Å². The maximum Gasteiger partial charge on any atom is 0.257 e. The van der Waals surface area contributed by atoms with E-state index in [-0.39, 0.29) is 24.2 Å². The molecule has 0 radical (unpaired) electrons. The predicted octanol–water partition coefficient (Wildman–Crippen LogP) is 4.96. The Morgan fingerprint density at radius 1 is 0.935 bits per heavy atom. The lowest BCUT2D eigenvalue weighted by Gasteiger charge is -2.23. The van der Waals surface area contributed by atoms with Gasteiger partial charge in [-0.2, -0.15) is 0 Å². The van der Waals surface area contributed by atoms with E-state index in [1.165, 1.54) is 35.2 Å². The molecule has 0 atom stereocenters. The van der Waals surface area contributed by atoms with E-state index in [9.17, 15) is 18.4 Å². The molecule has 4 nitrogen and oxygen atoms in total. The summed E-state index contributed by atoms with van der Waals surface area (Å²) in [6, 6.07) is 18.8. The number of H-pyrrole nitrogens is 1. The van der Waals surface area contributed by atoms with Crippen LogP contribution in [0.15, 0.2) is 77.6 Å². The molecule has 0 aliphatic rings. The van der Waals surface area contributed by atoms with Gasteiger partial charge < -0.3 is 9.88 Å². The van der Waals surface area contributed by atoms with E-state index in [4.69, 9.17) is 0 Å². The molecule has 0 saturated heterocycles. The number of benzene rings is 3. The van der Waals surface area contributed by atoms with Crippen molar-refractivity contribution in [3.8, 4) is 0 Å². The lowest BCUT2D eigenvalue weighted by molar-refractivity contribution is 0.0724. The van der Waals surface area contributed by atoms with E-state index in [0.29, 0.717) is 16.6 Å². The number of amides is 1. The highest BCUT2D eigenvalue weighted by Gasteiger charge is 2.21. The van der Waals surface area contributed by atoms with E-state index in [0.717, 1.165) is 10.9 Å². The minimum absolute atomic E-state index is 0.0240. The first-order valence-electron chi connectivity index (χ1n) is 9.81. The first kappa shape index (κ1) is 20.5. The van der Waals surface area contributed by atoms with Crippen LogP contribution >= 0.6 is 0 Å². The molecule has 1 heterocycles. The zero-order chi connectivity index (χ0) is 22.0. The highest BCUT2D eigenvalue weighted by Crippen LogP contribution is 2.18. The molecule has 0 spiro atoms. The third-order valence-electron chi connectivity index (χ3n) is 5.12. The lowest BCUT2D eigenvalue weighted by atomic mass is 10.1. The van der Waals surface area contributed by atoms with Crippen molar-refractivity contribution in [2.24, 2.45) is 0 Å². The Labute approximate surface area is 177 Å². The van der Waals surface area contributed by atoms with Crippen molar-refractivity contribution in [3.63, 3.8) is 0 Å². The summed E-state index contributed by atoms with van der Waals surface area (Å²) in [7, 11) is 0. The number of rotatable bonds is 5. The minimum Gasteiger partial charge on any atom is -0.330 e. The number of halogens is 2. The second-order valence-electron chi connectivity index (χ2n) is 7.48. The SMILES string of the molecule is Cc1ccc2[nH]c(=O)c(CN(Cc3ccc(F)cc3)C(=O)c3ccccc3F)cc2c1. The van der Waals surface area contributed by atoms with Crippen LogP contribution in [0.5, 0.6) is 0 Å². The van der Waals surface area contributed by atoms with Gasteiger partial charge in [0.15, 0.2) is 0 Å². The van der Waals surface area contributed by atoms with Gasteiger partial charge in [-0.3, -0.25) is 9.59 Å². The maximum atomic E-state index is 14.3. The molecule has 0 bridgehead atoms. The van der Waals surface area contributed by atoms with Crippen LogP contribution < -0.4 is 5.56 Å². The van der Waals surface area contributed by atoms with E-state index in [2.05, 4.69) is 4.98 Å². The smallest absolute Gasteiger partial charge is 0.257 e. The molecular weight excluding hydrogens is 398 g/mol. The number of hydrogen-bond donors (Lipinski definition) is 1. The Morgan fingerprint density at radius 3 is 2.42 bits per heavy atom. The van der Waals surface area contributed by atoms with E-state index in [1.807, 2.05) is 25.1 Å². The summed E-state index contributed by atoms with van der Waals surface area (Å²) in [6.07, 6.45) is 0. The Balaban J connectivity index is 1.73. The largest absolute Gasteiger partial charge is 0.330 e. The van der Waals surface area contributed by atoms with Crippen LogP contribution in [0.3, 0.4) is 0 Å². The molecule has 3 aromatic carbocycles. The minimum atomic E-state index is -0.639. The standard InChI is InChI=1S/C25H20F2N2O2/c1-16-6-11-23-18(12-16)13-19(24(30)28-23)15-29(14-17-7-9-20(26)10-8-17)25(31)21-4-2-3-5-22(21)27/h2-13H,14-15H2,1H3,(H,28,30). The molecule has 4 rings (SSSR count). The van der Waals surface area contributed by atoms with Crippen LogP contribution in [-0.2, 0) is 13.1 Å². The van der Waals surface area contributed by atoms with Crippen molar-refractivity contribution >= 4 is 16.8 Å². The van der Waals surface area contributed by atoms with Gasteiger partial charge in [0.05, 0.1) is 12.1 Å². The Morgan fingerprint density at radius 2 is 1.68 bits per heavy atom. The van der Waals surface area contributed by atoms with Gasteiger partial charge in [0.2, 0.25) is 0 Å². The van der Waals surface area contributed by atoms with Gasteiger partial charge >= 0.3 is 0 Å². The first-order chi connectivity index (χ1) is 14.9. The van der Waals surface area contributed by atoms with Crippen molar-refractivity contribution in [1.29, 1.82) is 0 Å². The lowest BCUT2D eigenvalue weighted by Crippen LogP contribution is -2.33. The van der Waals surface area contributed by atoms with Gasteiger partial charge in [-0.1, -0.05) is 35.9 Å². The van der Waals surface area contributed by atoms with Crippen molar-refractivity contribution < 1.29 is 13.6 Å². The summed E-state index contributed by atoms with van der Waals surface area (Å²) in [5, 5.41) is 0.842. The molecule has 31 heavy (non-hydrogen) atoms. The number of aryl methyl sites for hydroxylation is 1. The molecule has 1 N–H and O–H groups in total. The summed E-state index contributed by atoms with van der Waals surface area (Å²) in [6.45, 7) is 2.02. The fourth-order valence-corrected chi connectivity index (χ4v) is 3.51. The number of carbonyl (C=O) groups excluding carboxylic acids is 1. The number of aromatic amines is 1. The van der Waals surface area contributed by atoms with Gasteiger partial charge in [0.25, 0.3) is 11.5 Å². The van der Waals surface area contributed by atoms with Gasteiger partial charge in [-0.25, -0.2) is 8.78 Å². The predicted molar refractivity (Wildman–Crippen MR) is 116 cm³/mol. The number of aromatic nitrogens is 1. The average Bonchev–Trinajstić information content (AvgIpc) is 2.75. The Bertz CT molecular complexity index is 1310. The number of nitrogens with one attached hydrogen (secondary N) is 1. The highest BCUT2D eigenvalue weighted by molar-refractivity contribution is 5.94. The van der Waals surface area contributed by atoms with Crippen LogP contribution in [0.4, 0.5) is 8.78 Å². The monoisotopic (exact) mass is 418 g/mol. The third-order valence-corrected chi connectivity index (χ3v) is 5.12. The normalized spacial score (nSPS) is 10.9. The topological polar surface area (TPSA) is 53.2 Å². The van der Waals surface area contributed by atoms with E-state index in [1.54, 1.807) is 24.3 Å². The number of nitrogens with zero attached hydrogens (tertiary/aromatic N) is 1. The van der Waals surface area contributed by atoms with Gasteiger partial charge in [-0.05, 0) is 60.3 Å². The Hall–Kier alpha value is -3.80. The summed E-state index contributed by atoms with van der Waals surface area (Å²) in [5.41, 5.74) is 2.38. The average molecular weight is 418 g/mol. The number of carbonyl (C=O) groups is 1. The molecule has 0 fully saturated rings. The zero-order valence-corrected chi connectivity index (χ0v) is 16.9. The maximum absolute atomic E-state index is 14.3. The fraction of sp³-hybridized carbons (Fsp3) is 0.120. The summed E-state index contributed by atoms with van der Waals surface area (Å²) < 4.78 is 27.6. The third kappa shape index (κ3) is 4.53. The second-order valence-corrected chi connectivity index (χ2v) is 7.48.